The molecule has 2 atom stereocenters. The summed E-state index contributed by atoms with van der Waals surface area (Å²) in [7, 11) is 0. The molecule has 8 N–H and O–H groups in total. The van der Waals surface area contributed by atoms with E-state index < -0.39 is 36.0 Å². The van der Waals surface area contributed by atoms with Gasteiger partial charge in [-0.15, -0.1) is 0 Å². The number of rotatable bonds is 8. The van der Waals surface area contributed by atoms with E-state index in [9.17, 15) is 19.2 Å². The Kier molecular flexibility index (Phi) is 6.89. The topological polar surface area (TPSA) is 185 Å². The Bertz CT molecular complexity index is 372. The Hall–Kier alpha value is -2.36. The Morgan fingerprint density at radius 1 is 1.11 bits per heavy atom. The first-order valence-corrected chi connectivity index (χ1v) is 5.28. The van der Waals surface area contributed by atoms with Crippen LogP contribution < -0.4 is 22.1 Å². The molecule has 0 bridgehead atoms. The number of amides is 3. The summed E-state index contributed by atoms with van der Waals surface area (Å²) in [6.07, 6.45) is -0.370. The predicted octanol–water partition coefficient (Wildman–Crippen LogP) is -2.58. The van der Waals surface area contributed by atoms with Crippen molar-refractivity contribution in [2.75, 3.05) is 6.54 Å². The first-order chi connectivity index (χ1) is 8.73. The zero-order valence-electron chi connectivity index (χ0n) is 9.96. The fourth-order valence-corrected chi connectivity index (χ4v) is 1.08. The molecule has 0 rings (SSSR count). The third kappa shape index (κ3) is 7.54. The van der Waals surface area contributed by atoms with Gasteiger partial charge in [-0.1, -0.05) is 0 Å². The van der Waals surface area contributed by atoms with Crippen molar-refractivity contribution in [3.8, 4) is 0 Å². The summed E-state index contributed by atoms with van der Waals surface area (Å²) in [5.41, 5.74) is 9.95. The number of carbonyl (C=O) groups excluding carboxylic acids is 2. The second kappa shape index (κ2) is 7.87. The molecule has 0 spiro atoms. The molecular weight excluding hydrogens is 260 g/mol. The highest BCUT2D eigenvalue weighted by Gasteiger charge is 2.21. The van der Waals surface area contributed by atoms with Crippen LogP contribution in [-0.4, -0.2) is 52.7 Å². The molecule has 10 heteroatoms. The maximum atomic E-state index is 11.4. The van der Waals surface area contributed by atoms with Crippen LogP contribution in [0.3, 0.4) is 0 Å². The highest BCUT2D eigenvalue weighted by molar-refractivity contribution is 5.84. The monoisotopic (exact) mass is 276 g/mol. The summed E-state index contributed by atoms with van der Waals surface area (Å²) in [6.45, 7) is -0.374. The number of carbonyl (C=O) groups is 4. The quantitative estimate of drug-likeness (QED) is 0.281. The molecule has 0 fully saturated rings. The van der Waals surface area contributed by atoms with Gasteiger partial charge in [0.15, 0.2) is 0 Å². The standard InChI is InChI=1S/C9H16N4O6/c10-4(7(15)16)1-2-6(14)13-5(8(17)18)3-12-9(11)19/h4-5H,1-3,10H2,(H,13,14)(H,15,16)(H,17,18)(H3,11,12,19). The number of hydrogen-bond acceptors (Lipinski definition) is 5. The zero-order valence-corrected chi connectivity index (χ0v) is 9.96. The first-order valence-electron chi connectivity index (χ1n) is 5.28. The largest absolute Gasteiger partial charge is 0.480 e. The van der Waals surface area contributed by atoms with Crippen molar-refractivity contribution < 1.29 is 29.4 Å². The van der Waals surface area contributed by atoms with Gasteiger partial charge in [-0.3, -0.25) is 9.59 Å². The number of nitrogens with two attached hydrogens (primary N) is 2. The van der Waals surface area contributed by atoms with Gasteiger partial charge in [0.25, 0.3) is 0 Å². The average Bonchev–Trinajstić information content (AvgIpc) is 2.30. The van der Waals surface area contributed by atoms with Gasteiger partial charge in [-0.25, -0.2) is 9.59 Å². The highest BCUT2D eigenvalue weighted by atomic mass is 16.4. The molecule has 10 nitrogen and oxygen atoms in total. The van der Waals surface area contributed by atoms with E-state index in [0.717, 1.165) is 0 Å². The molecule has 108 valence electrons. The summed E-state index contributed by atoms with van der Waals surface area (Å²) in [5, 5.41) is 21.4. The van der Waals surface area contributed by atoms with Gasteiger partial charge in [0.1, 0.15) is 12.1 Å². The Labute approximate surface area is 108 Å². The molecule has 3 amide bonds. The third-order valence-electron chi connectivity index (χ3n) is 2.11. The smallest absolute Gasteiger partial charge is 0.328 e. The molecule has 0 aromatic carbocycles. The molecule has 0 aliphatic carbocycles. The maximum absolute atomic E-state index is 11.4. The van der Waals surface area contributed by atoms with Crippen LogP contribution in [0.4, 0.5) is 4.79 Å². The summed E-state index contributed by atoms with van der Waals surface area (Å²) >= 11 is 0. The molecule has 0 aliphatic rings. The number of aliphatic carboxylic acids is 2. The van der Waals surface area contributed by atoms with Crippen molar-refractivity contribution in [3.05, 3.63) is 0 Å². The van der Waals surface area contributed by atoms with Crippen molar-refractivity contribution in [1.82, 2.24) is 10.6 Å². The van der Waals surface area contributed by atoms with Gasteiger partial charge in [-0.2, -0.15) is 0 Å². The van der Waals surface area contributed by atoms with Crippen LogP contribution in [0.5, 0.6) is 0 Å². The minimum Gasteiger partial charge on any atom is -0.480 e. The van der Waals surface area contributed by atoms with Crippen molar-refractivity contribution in [2.45, 2.75) is 24.9 Å². The second-order valence-corrected chi connectivity index (χ2v) is 3.69. The molecule has 0 aromatic rings. The van der Waals surface area contributed by atoms with Gasteiger partial charge < -0.3 is 32.3 Å². The van der Waals surface area contributed by atoms with E-state index in [1.54, 1.807) is 0 Å². The van der Waals surface area contributed by atoms with E-state index in [1.807, 2.05) is 5.32 Å². The second-order valence-electron chi connectivity index (χ2n) is 3.69. The van der Waals surface area contributed by atoms with Crippen LogP contribution in [-0.2, 0) is 14.4 Å². The number of nitrogens with one attached hydrogen (secondary N) is 2. The lowest BCUT2D eigenvalue weighted by atomic mass is 10.1. The van der Waals surface area contributed by atoms with Crippen LogP contribution in [0.15, 0.2) is 0 Å². The van der Waals surface area contributed by atoms with Crippen molar-refractivity contribution in [2.24, 2.45) is 11.5 Å². The Balaban J connectivity index is 4.20. The molecular formula is C9H16N4O6. The number of hydrogen-bond donors (Lipinski definition) is 6. The predicted molar refractivity (Wildman–Crippen MR) is 62.0 cm³/mol. The lowest BCUT2D eigenvalue weighted by molar-refractivity contribution is -0.142. The Morgan fingerprint density at radius 3 is 2.11 bits per heavy atom. The lowest BCUT2D eigenvalue weighted by Crippen LogP contribution is -2.49. The Morgan fingerprint density at radius 2 is 1.68 bits per heavy atom. The lowest BCUT2D eigenvalue weighted by Gasteiger charge is -2.15. The molecule has 0 aliphatic heterocycles. The van der Waals surface area contributed by atoms with Crippen molar-refractivity contribution in [3.63, 3.8) is 0 Å². The molecule has 0 aromatic heterocycles. The van der Waals surface area contributed by atoms with Gasteiger partial charge in [0.05, 0.1) is 6.54 Å². The first kappa shape index (κ1) is 16.6. The fraction of sp³-hybridized carbons (Fsp3) is 0.556. The summed E-state index contributed by atoms with van der Waals surface area (Å²) in [6, 6.07) is -3.47. The number of urea groups is 1. The van der Waals surface area contributed by atoms with Crippen LogP contribution in [0.25, 0.3) is 0 Å². The molecule has 19 heavy (non-hydrogen) atoms. The van der Waals surface area contributed by atoms with Crippen LogP contribution in [0.2, 0.25) is 0 Å². The zero-order chi connectivity index (χ0) is 15.0. The summed E-state index contributed by atoms with van der Waals surface area (Å²) in [5.74, 6) is -3.29. The van der Waals surface area contributed by atoms with Crippen LogP contribution in [0.1, 0.15) is 12.8 Å². The van der Waals surface area contributed by atoms with Crippen molar-refractivity contribution in [1.29, 1.82) is 0 Å². The van der Waals surface area contributed by atoms with E-state index in [4.69, 9.17) is 21.7 Å². The van der Waals surface area contributed by atoms with Gasteiger partial charge >= 0.3 is 18.0 Å². The van der Waals surface area contributed by atoms with Crippen LogP contribution in [0, 0.1) is 0 Å². The molecule has 0 radical (unpaired) electrons. The number of carboxylic acids is 2. The van der Waals surface area contributed by atoms with E-state index in [-0.39, 0.29) is 19.4 Å². The summed E-state index contributed by atoms with van der Waals surface area (Å²) < 4.78 is 0. The van der Waals surface area contributed by atoms with E-state index in [2.05, 4.69) is 5.32 Å². The normalized spacial score (nSPS) is 13.1. The van der Waals surface area contributed by atoms with Gasteiger partial charge in [0.2, 0.25) is 5.91 Å². The SMILES string of the molecule is NC(=O)NCC(NC(=O)CCC(N)C(=O)O)C(=O)O. The fourth-order valence-electron chi connectivity index (χ4n) is 1.08. The third-order valence-corrected chi connectivity index (χ3v) is 2.11. The van der Waals surface area contributed by atoms with Gasteiger partial charge in [0, 0.05) is 6.42 Å². The highest BCUT2D eigenvalue weighted by Crippen LogP contribution is 1.96. The molecule has 0 saturated carbocycles. The molecule has 0 heterocycles. The average molecular weight is 276 g/mol. The maximum Gasteiger partial charge on any atom is 0.328 e. The molecule has 0 saturated heterocycles. The van der Waals surface area contributed by atoms with Crippen LogP contribution >= 0.6 is 0 Å². The minimum atomic E-state index is -1.36. The van der Waals surface area contributed by atoms with E-state index in [0.29, 0.717) is 0 Å². The minimum absolute atomic E-state index is 0.128. The van der Waals surface area contributed by atoms with E-state index in [1.165, 1.54) is 0 Å². The number of carboxylic acid groups (broad SMARTS) is 2. The van der Waals surface area contributed by atoms with Crippen molar-refractivity contribution >= 4 is 23.9 Å². The van der Waals surface area contributed by atoms with Gasteiger partial charge in [-0.05, 0) is 6.42 Å². The molecule has 2 unspecified atom stereocenters. The van der Waals surface area contributed by atoms with E-state index >= 15 is 0 Å². The summed E-state index contributed by atoms with van der Waals surface area (Å²) in [4.78, 5) is 43.0. The number of primary amides is 1.